The second-order valence-corrected chi connectivity index (χ2v) is 6.88. The third kappa shape index (κ3) is 5.31. The van der Waals surface area contributed by atoms with Gasteiger partial charge < -0.3 is 19.7 Å². The van der Waals surface area contributed by atoms with E-state index in [4.69, 9.17) is 14.6 Å². The molecule has 0 spiro atoms. The van der Waals surface area contributed by atoms with E-state index in [1.54, 1.807) is 12.1 Å². The normalized spacial score (nSPS) is 10.9. The monoisotopic (exact) mass is 372 g/mol. The topological polar surface area (TPSA) is 110 Å². The Labute approximate surface area is 156 Å². The van der Waals surface area contributed by atoms with E-state index in [-0.39, 0.29) is 16.7 Å². The van der Waals surface area contributed by atoms with E-state index in [1.165, 1.54) is 6.07 Å². The molecule has 0 aliphatic carbocycles. The summed E-state index contributed by atoms with van der Waals surface area (Å²) in [5, 5.41) is 18.4. The molecule has 2 aromatic rings. The number of hydrogen-bond donors (Lipinski definition) is 2. The molecule has 142 valence electrons. The van der Waals surface area contributed by atoms with Gasteiger partial charge in [0.2, 0.25) is 0 Å². The van der Waals surface area contributed by atoms with Crippen molar-refractivity contribution in [1.82, 2.24) is 0 Å². The van der Waals surface area contributed by atoms with Crippen LogP contribution in [-0.2, 0) is 10.2 Å². The van der Waals surface area contributed by atoms with Crippen molar-refractivity contribution >= 4 is 17.9 Å². The minimum absolute atomic E-state index is 0.00692. The van der Waals surface area contributed by atoms with Crippen molar-refractivity contribution in [3.8, 4) is 11.5 Å². The maximum Gasteiger partial charge on any atom is 0.514 e. The summed E-state index contributed by atoms with van der Waals surface area (Å²) in [6.07, 6.45) is -1.05. The highest BCUT2D eigenvalue weighted by Crippen LogP contribution is 2.24. The fourth-order valence-electron chi connectivity index (χ4n) is 2.24. The SMILES string of the molecule is CC(C)(C)c1ccc(OC(=O)OCC(=O)c2ccc(O)c(C(=O)O)c2)cc1. The number of aromatic hydroxyl groups is 1. The van der Waals surface area contributed by atoms with Crippen LogP contribution in [0, 0.1) is 0 Å². The molecule has 0 amide bonds. The first-order valence-corrected chi connectivity index (χ1v) is 8.12. The molecule has 0 heterocycles. The second kappa shape index (κ2) is 7.90. The van der Waals surface area contributed by atoms with Crippen LogP contribution in [0.2, 0.25) is 0 Å². The Morgan fingerprint density at radius 2 is 1.63 bits per heavy atom. The van der Waals surface area contributed by atoms with E-state index in [0.29, 0.717) is 0 Å². The van der Waals surface area contributed by atoms with Crippen molar-refractivity contribution < 1.29 is 34.1 Å². The molecule has 0 aromatic heterocycles. The molecular formula is C20H20O7. The Balaban J connectivity index is 1.94. The minimum Gasteiger partial charge on any atom is -0.507 e. The van der Waals surface area contributed by atoms with E-state index in [0.717, 1.165) is 17.7 Å². The molecule has 0 fully saturated rings. The van der Waals surface area contributed by atoms with Crippen LogP contribution in [0.5, 0.6) is 11.5 Å². The summed E-state index contributed by atoms with van der Waals surface area (Å²) in [6.45, 7) is 5.55. The summed E-state index contributed by atoms with van der Waals surface area (Å²) < 4.78 is 9.77. The van der Waals surface area contributed by atoms with Gasteiger partial charge in [-0.15, -0.1) is 0 Å². The fourth-order valence-corrected chi connectivity index (χ4v) is 2.24. The van der Waals surface area contributed by atoms with E-state index >= 15 is 0 Å². The Kier molecular flexibility index (Phi) is 5.85. The summed E-state index contributed by atoms with van der Waals surface area (Å²) in [4.78, 5) is 34.7. The Hall–Kier alpha value is -3.35. The van der Waals surface area contributed by atoms with Gasteiger partial charge in [0.05, 0.1) is 0 Å². The predicted molar refractivity (Wildman–Crippen MR) is 96.5 cm³/mol. The lowest BCUT2D eigenvalue weighted by molar-refractivity contribution is 0.0692. The number of benzene rings is 2. The number of Topliss-reactive ketones (excluding diaryl/α,β-unsaturated/α-hetero) is 1. The second-order valence-electron chi connectivity index (χ2n) is 6.88. The summed E-state index contributed by atoms with van der Waals surface area (Å²) in [5.41, 5.74) is 0.611. The van der Waals surface area contributed by atoms with Crippen molar-refractivity contribution in [1.29, 1.82) is 0 Å². The van der Waals surface area contributed by atoms with E-state index in [9.17, 15) is 19.5 Å². The molecule has 0 radical (unpaired) electrons. The third-order valence-corrected chi connectivity index (χ3v) is 3.79. The number of aromatic carboxylic acids is 1. The molecule has 0 bridgehead atoms. The van der Waals surface area contributed by atoms with Crippen LogP contribution < -0.4 is 4.74 Å². The summed E-state index contributed by atoms with van der Waals surface area (Å²) in [6, 6.07) is 10.3. The highest BCUT2D eigenvalue weighted by molar-refractivity contribution is 6.01. The lowest BCUT2D eigenvalue weighted by Gasteiger charge is -2.18. The van der Waals surface area contributed by atoms with Gasteiger partial charge in [-0.25, -0.2) is 9.59 Å². The molecule has 7 heteroatoms. The van der Waals surface area contributed by atoms with Gasteiger partial charge in [-0.3, -0.25) is 4.79 Å². The van der Waals surface area contributed by atoms with E-state index < -0.39 is 35.8 Å². The minimum atomic E-state index is -1.37. The number of carboxylic acid groups (broad SMARTS) is 1. The highest BCUT2D eigenvalue weighted by Gasteiger charge is 2.17. The molecule has 2 rings (SSSR count). The smallest absolute Gasteiger partial charge is 0.507 e. The van der Waals surface area contributed by atoms with Crippen LogP contribution >= 0.6 is 0 Å². The zero-order valence-corrected chi connectivity index (χ0v) is 15.2. The summed E-state index contributed by atoms with van der Waals surface area (Å²) in [5.74, 6) is -2.19. The van der Waals surface area contributed by atoms with E-state index in [1.807, 2.05) is 12.1 Å². The van der Waals surface area contributed by atoms with Crippen molar-refractivity contribution in [3.05, 3.63) is 59.2 Å². The lowest BCUT2D eigenvalue weighted by atomic mass is 9.87. The molecule has 2 aromatic carbocycles. The number of carbonyl (C=O) groups excluding carboxylic acids is 2. The van der Waals surface area contributed by atoms with Crippen LogP contribution in [0.4, 0.5) is 4.79 Å². The molecule has 0 saturated heterocycles. The number of hydrogen-bond acceptors (Lipinski definition) is 6. The molecule has 2 N–H and O–H groups in total. The van der Waals surface area contributed by atoms with Crippen molar-refractivity contribution in [3.63, 3.8) is 0 Å². The zero-order chi connectivity index (χ0) is 20.2. The summed E-state index contributed by atoms with van der Waals surface area (Å²) >= 11 is 0. The predicted octanol–water partition coefficient (Wildman–Crippen LogP) is 3.79. The van der Waals surface area contributed by atoms with Crippen LogP contribution in [0.1, 0.15) is 47.1 Å². The largest absolute Gasteiger partial charge is 0.514 e. The van der Waals surface area contributed by atoms with E-state index in [2.05, 4.69) is 20.8 Å². The number of carbonyl (C=O) groups is 3. The highest BCUT2D eigenvalue weighted by atomic mass is 16.7. The van der Waals surface area contributed by atoms with Gasteiger partial charge in [0.1, 0.15) is 17.1 Å². The van der Waals surface area contributed by atoms with Gasteiger partial charge in [0, 0.05) is 5.56 Å². The average Bonchev–Trinajstić information content (AvgIpc) is 2.59. The number of ether oxygens (including phenoxy) is 2. The van der Waals surface area contributed by atoms with Crippen LogP contribution in [-0.4, -0.2) is 34.7 Å². The maximum absolute atomic E-state index is 12.0. The molecule has 0 aliphatic heterocycles. The van der Waals surface area contributed by atoms with Crippen molar-refractivity contribution in [2.24, 2.45) is 0 Å². The third-order valence-electron chi connectivity index (χ3n) is 3.79. The number of ketones is 1. The zero-order valence-electron chi connectivity index (χ0n) is 15.2. The van der Waals surface area contributed by atoms with Gasteiger partial charge in [0.25, 0.3) is 0 Å². The van der Waals surface area contributed by atoms with Gasteiger partial charge in [-0.2, -0.15) is 0 Å². The molecule has 0 saturated carbocycles. The Morgan fingerprint density at radius 3 is 2.19 bits per heavy atom. The van der Waals surface area contributed by atoms with Crippen LogP contribution in [0.15, 0.2) is 42.5 Å². The number of carboxylic acids is 1. The van der Waals surface area contributed by atoms with Crippen molar-refractivity contribution in [2.75, 3.05) is 6.61 Å². The van der Waals surface area contributed by atoms with Crippen LogP contribution in [0.3, 0.4) is 0 Å². The quantitative estimate of drug-likeness (QED) is 0.467. The summed E-state index contributed by atoms with van der Waals surface area (Å²) in [7, 11) is 0. The molecule has 0 atom stereocenters. The number of rotatable bonds is 5. The van der Waals surface area contributed by atoms with Crippen LogP contribution in [0.25, 0.3) is 0 Å². The Morgan fingerprint density at radius 1 is 1.00 bits per heavy atom. The van der Waals surface area contributed by atoms with Gasteiger partial charge >= 0.3 is 12.1 Å². The first-order valence-electron chi connectivity index (χ1n) is 8.12. The average molecular weight is 372 g/mol. The fraction of sp³-hybridized carbons (Fsp3) is 0.250. The molecule has 0 unspecified atom stereocenters. The van der Waals surface area contributed by atoms with Gasteiger partial charge in [-0.05, 0) is 41.3 Å². The number of phenols is 1. The lowest BCUT2D eigenvalue weighted by Crippen LogP contribution is -2.17. The molecule has 0 aliphatic rings. The molecule has 27 heavy (non-hydrogen) atoms. The van der Waals surface area contributed by atoms with Gasteiger partial charge in [0.15, 0.2) is 12.4 Å². The van der Waals surface area contributed by atoms with Crippen molar-refractivity contribution in [2.45, 2.75) is 26.2 Å². The molecule has 7 nitrogen and oxygen atoms in total. The maximum atomic E-state index is 12.0. The Bertz CT molecular complexity index is 861. The van der Waals surface area contributed by atoms with Gasteiger partial charge in [-0.1, -0.05) is 32.9 Å². The standard InChI is InChI=1S/C20H20O7/c1-20(2,3)13-5-7-14(8-6-13)27-19(25)26-11-17(22)12-4-9-16(21)15(10-12)18(23)24/h4-10,21H,11H2,1-3H3,(H,23,24). The molecular weight excluding hydrogens is 352 g/mol. The first-order chi connectivity index (χ1) is 12.6. The first kappa shape index (κ1) is 20.0.